The fraction of sp³-hybridized carbons (Fsp3) is 0.882. The van der Waals surface area contributed by atoms with Crippen molar-refractivity contribution >= 4 is 8.32 Å². The molecule has 112 valence electrons. The number of rotatable bonds is 4. The standard InChI is InChI=1S/C17H34OSi/c1-14-10-9-12-17(5,6)15(14)11-13-18-19(7,8)16(2,3)4/h15H,1,9-13H2,2-8H3/t15-/m0/s1. The summed E-state index contributed by atoms with van der Waals surface area (Å²) >= 11 is 0. The van der Waals surface area contributed by atoms with Crippen LogP contribution in [-0.2, 0) is 4.43 Å². The van der Waals surface area contributed by atoms with Crippen LogP contribution in [0, 0.1) is 11.3 Å². The van der Waals surface area contributed by atoms with Gasteiger partial charge in [-0.2, -0.15) is 0 Å². The topological polar surface area (TPSA) is 9.23 Å². The van der Waals surface area contributed by atoms with Crippen LogP contribution in [0.15, 0.2) is 12.2 Å². The van der Waals surface area contributed by atoms with E-state index in [1.807, 2.05) is 0 Å². The van der Waals surface area contributed by atoms with Crippen molar-refractivity contribution in [2.24, 2.45) is 11.3 Å². The maximum atomic E-state index is 6.34. The third-order valence-corrected chi connectivity index (χ3v) is 9.97. The highest BCUT2D eigenvalue weighted by molar-refractivity contribution is 6.74. The molecule has 1 aliphatic carbocycles. The average molecular weight is 283 g/mol. The number of allylic oxidation sites excluding steroid dienone is 1. The first-order valence-corrected chi connectivity index (χ1v) is 10.7. The third kappa shape index (κ3) is 4.19. The Balaban J connectivity index is 2.55. The first-order chi connectivity index (χ1) is 8.47. The Hall–Kier alpha value is -0.0831. The normalized spacial score (nSPS) is 24.6. The van der Waals surface area contributed by atoms with E-state index in [9.17, 15) is 0 Å². The molecule has 0 heterocycles. The second kappa shape index (κ2) is 5.73. The number of hydrogen-bond acceptors (Lipinski definition) is 1. The molecule has 0 spiro atoms. The van der Waals surface area contributed by atoms with Gasteiger partial charge in [0.1, 0.15) is 0 Å². The van der Waals surface area contributed by atoms with Gasteiger partial charge in [-0.3, -0.25) is 0 Å². The van der Waals surface area contributed by atoms with Crippen LogP contribution < -0.4 is 0 Å². The van der Waals surface area contributed by atoms with Crippen LogP contribution in [0.1, 0.15) is 60.3 Å². The Morgan fingerprint density at radius 3 is 2.37 bits per heavy atom. The van der Waals surface area contributed by atoms with E-state index < -0.39 is 8.32 Å². The summed E-state index contributed by atoms with van der Waals surface area (Å²) in [6, 6.07) is 0. The van der Waals surface area contributed by atoms with Gasteiger partial charge in [0.15, 0.2) is 8.32 Å². The molecule has 0 aliphatic heterocycles. The van der Waals surface area contributed by atoms with E-state index in [0.717, 1.165) is 13.0 Å². The summed E-state index contributed by atoms with van der Waals surface area (Å²) in [5.74, 6) is 0.644. The summed E-state index contributed by atoms with van der Waals surface area (Å²) in [5, 5.41) is 0.312. The summed E-state index contributed by atoms with van der Waals surface area (Å²) in [5.41, 5.74) is 1.86. The highest BCUT2D eigenvalue weighted by Crippen LogP contribution is 2.45. The second-order valence-electron chi connectivity index (χ2n) is 8.45. The fourth-order valence-corrected chi connectivity index (χ4v) is 3.98. The van der Waals surface area contributed by atoms with Gasteiger partial charge in [-0.05, 0) is 55.1 Å². The van der Waals surface area contributed by atoms with E-state index in [0.29, 0.717) is 16.4 Å². The zero-order chi connectivity index (χ0) is 14.9. The van der Waals surface area contributed by atoms with E-state index >= 15 is 0 Å². The van der Waals surface area contributed by atoms with Gasteiger partial charge in [0.05, 0.1) is 0 Å². The Morgan fingerprint density at radius 2 is 1.89 bits per heavy atom. The molecule has 1 rings (SSSR count). The predicted octanol–water partition coefficient (Wildman–Crippen LogP) is 5.78. The Morgan fingerprint density at radius 1 is 1.32 bits per heavy atom. The molecule has 2 heteroatoms. The lowest BCUT2D eigenvalue weighted by molar-refractivity contribution is 0.150. The lowest BCUT2D eigenvalue weighted by Gasteiger charge is -2.42. The van der Waals surface area contributed by atoms with E-state index in [4.69, 9.17) is 4.43 Å². The minimum absolute atomic E-state index is 0.312. The van der Waals surface area contributed by atoms with Crippen molar-refractivity contribution in [1.29, 1.82) is 0 Å². The van der Waals surface area contributed by atoms with Crippen LogP contribution in [0.4, 0.5) is 0 Å². The first-order valence-electron chi connectivity index (χ1n) is 7.79. The second-order valence-corrected chi connectivity index (χ2v) is 13.3. The van der Waals surface area contributed by atoms with Crippen LogP contribution >= 0.6 is 0 Å². The van der Waals surface area contributed by atoms with Gasteiger partial charge in [-0.25, -0.2) is 0 Å². The Labute approximate surface area is 122 Å². The maximum Gasteiger partial charge on any atom is 0.191 e. The molecule has 0 aromatic carbocycles. The zero-order valence-corrected chi connectivity index (χ0v) is 15.2. The van der Waals surface area contributed by atoms with Gasteiger partial charge in [-0.15, -0.1) is 0 Å². The lowest BCUT2D eigenvalue weighted by atomic mass is 9.66. The molecule has 0 radical (unpaired) electrons. The molecule has 0 N–H and O–H groups in total. The molecule has 0 aromatic rings. The van der Waals surface area contributed by atoms with Gasteiger partial charge in [0, 0.05) is 6.61 Å². The van der Waals surface area contributed by atoms with Crippen molar-refractivity contribution in [3.63, 3.8) is 0 Å². The molecule has 0 saturated heterocycles. The van der Waals surface area contributed by atoms with E-state index in [2.05, 4.69) is 54.3 Å². The molecular weight excluding hydrogens is 248 g/mol. The Kier molecular flexibility index (Phi) is 5.12. The van der Waals surface area contributed by atoms with Crippen LogP contribution in [0.25, 0.3) is 0 Å². The molecule has 0 amide bonds. The predicted molar refractivity (Wildman–Crippen MR) is 88.0 cm³/mol. The highest BCUT2D eigenvalue weighted by Gasteiger charge is 2.38. The molecule has 0 aromatic heterocycles. The van der Waals surface area contributed by atoms with Gasteiger partial charge < -0.3 is 4.43 Å². The summed E-state index contributed by atoms with van der Waals surface area (Å²) < 4.78 is 6.34. The zero-order valence-electron chi connectivity index (χ0n) is 14.2. The van der Waals surface area contributed by atoms with Crippen molar-refractivity contribution in [3.05, 3.63) is 12.2 Å². The summed E-state index contributed by atoms with van der Waals surface area (Å²) in [4.78, 5) is 0. The van der Waals surface area contributed by atoms with Gasteiger partial charge >= 0.3 is 0 Å². The van der Waals surface area contributed by atoms with E-state index in [-0.39, 0.29) is 0 Å². The highest BCUT2D eigenvalue weighted by atomic mass is 28.4. The minimum Gasteiger partial charge on any atom is -0.417 e. The molecule has 0 unspecified atom stereocenters. The molecular formula is C17H34OSi. The van der Waals surface area contributed by atoms with Crippen molar-refractivity contribution in [2.45, 2.75) is 78.4 Å². The van der Waals surface area contributed by atoms with Gasteiger partial charge in [0.25, 0.3) is 0 Å². The van der Waals surface area contributed by atoms with Gasteiger partial charge in [-0.1, -0.05) is 46.8 Å². The summed E-state index contributed by atoms with van der Waals surface area (Å²) in [7, 11) is -1.59. The average Bonchev–Trinajstić information content (AvgIpc) is 2.20. The monoisotopic (exact) mass is 282 g/mol. The first kappa shape index (κ1) is 17.0. The fourth-order valence-electron chi connectivity index (χ4n) is 2.92. The molecule has 0 bridgehead atoms. The molecule has 1 saturated carbocycles. The number of hydrogen-bond donors (Lipinski definition) is 0. The SMILES string of the molecule is C=C1CCCC(C)(C)[C@H]1CCO[Si](C)(C)C(C)(C)C. The van der Waals surface area contributed by atoms with Crippen molar-refractivity contribution in [3.8, 4) is 0 Å². The summed E-state index contributed by atoms with van der Waals surface area (Å²) in [6.45, 7) is 21.6. The summed E-state index contributed by atoms with van der Waals surface area (Å²) in [6.07, 6.45) is 5.01. The van der Waals surface area contributed by atoms with Crippen LogP contribution in [0.3, 0.4) is 0 Å². The molecule has 1 atom stereocenters. The van der Waals surface area contributed by atoms with Gasteiger partial charge in [0.2, 0.25) is 0 Å². The van der Waals surface area contributed by atoms with Crippen LogP contribution in [0.2, 0.25) is 18.1 Å². The third-order valence-electron chi connectivity index (χ3n) is 5.43. The largest absolute Gasteiger partial charge is 0.417 e. The van der Waals surface area contributed by atoms with Crippen molar-refractivity contribution in [2.75, 3.05) is 6.61 Å². The molecule has 1 fully saturated rings. The molecule has 1 nitrogen and oxygen atoms in total. The van der Waals surface area contributed by atoms with Crippen molar-refractivity contribution < 1.29 is 4.43 Å². The molecule has 19 heavy (non-hydrogen) atoms. The van der Waals surface area contributed by atoms with E-state index in [1.165, 1.54) is 24.8 Å². The minimum atomic E-state index is -1.59. The van der Waals surface area contributed by atoms with Crippen LogP contribution in [-0.4, -0.2) is 14.9 Å². The van der Waals surface area contributed by atoms with Crippen molar-refractivity contribution in [1.82, 2.24) is 0 Å². The smallest absolute Gasteiger partial charge is 0.191 e. The Bertz CT molecular complexity index is 323. The van der Waals surface area contributed by atoms with E-state index in [1.54, 1.807) is 0 Å². The van der Waals surface area contributed by atoms with Crippen LogP contribution in [0.5, 0.6) is 0 Å². The molecule has 1 aliphatic rings. The quantitative estimate of drug-likeness (QED) is 0.469. The maximum absolute atomic E-state index is 6.34. The lowest BCUT2D eigenvalue weighted by Crippen LogP contribution is -2.41.